The Kier molecular flexibility index (Phi) is 4.27. The molecule has 6 heteroatoms. The molecule has 0 amide bonds. The first kappa shape index (κ1) is 14.1. The van der Waals surface area contributed by atoms with Crippen molar-refractivity contribution in [2.75, 3.05) is 31.6 Å². The number of nitro groups is 1. The summed E-state index contributed by atoms with van der Waals surface area (Å²) >= 11 is 6.15. The molecule has 0 spiro atoms. The van der Waals surface area contributed by atoms with Crippen LogP contribution in [0.4, 0.5) is 11.4 Å². The fraction of sp³-hybridized carbons (Fsp3) is 0.538. The largest absolute Gasteiger partial charge is 0.369 e. The normalized spacial score (nSPS) is 19.2. The Bertz CT molecular complexity index is 481. The number of non-ortho nitro benzene ring substituents is 1. The summed E-state index contributed by atoms with van der Waals surface area (Å²) in [6, 6.07) is 5.21. The highest BCUT2D eigenvalue weighted by molar-refractivity contribution is 6.33. The van der Waals surface area contributed by atoms with Gasteiger partial charge in [0.1, 0.15) is 0 Å². The molecule has 1 aliphatic heterocycles. The Balaban J connectivity index is 2.13. The van der Waals surface area contributed by atoms with Gasteiger partial charge in [-0.25, -0.2) is 0 Å². The molecule has 1 saturated heterocycles. The predicted octanol–water partition coefficient (Wildman–Crippen LogP) is 2.78. The number of rotatable bonds is 4. The minimum Gasteiger partial charge on any atom is -0.369 e. The van der Waals surface area contributed by atoms with Crippen molar-refractivity contribution >= 4 is 23.0 Å². The third-order valence-electron chi connectivity index (χ3n) is 3.77. The van der Waals surface area contributed by atoms with Crippen molar-refractivity contribution in [3.05, 3.63) is 33.3 Å². The molecular formula is C13H18ClN3O2. The fourth-order valence-electron chi connectivity index (χ4n) is 2.44. The standard InChI is InChI=1S/C13H18ClN3O2/c1-3-15(2)11-6-7-16(9-11)13-5-4-10(17(18)19)8-12(13)14/h4-5,8,11H,3,6-7,9H2,1-2H3. The van der Waals surface area contributed by atoms with Gasteiger partial charge in [0, 0.05) is 31.3 Å². The third-order valence-corrected chi connectivity index (χ3v) is 4.07. The smallest absolute Gasteiger partial charge is 0.271 e. The van der Waals surface area contributed by atoms with Crippen molar-refractivity contribution in [1.29, 1.82) is 0 Å². The molecule has 1 aliphatic rings. The molecule has 0 saturated carbocycles. The van der Waals surface area contributed by atoms with Gasteiger partial charge in [0.2, 0.25) is 0 Å². The van der Waals surface area contributed by atoms with Gasteiger partial charge in [-0.15, -0.1) is 0 Å². The monoisotopic (exact) mass is 283 g/mol. The molecule has 0 aliphatic carbocycles. The average molecular weight is 284 g/mol. The number of nitrogens with zero attached hydrogens (tertiary/aromatic N) is 3. The fourth-order valence-corrected chi connectivity index (χ4v) is 2.74. The number of hydrogen-bond acceptors (Lipinski definition) is 4. The summed E-state index contributed by atoms with van der Waals surface area (Å²) in [5, 5.41) is 11.1. The summed E-state index contributed by atoms with van der Waals surface area (Å²) in [5.41, 5.74) is 0.925. The molecule has 1 fully saturated rings. The minimum atomic E-state index is -0.423. The lowest BCUT2D eigenvalue weighted by molar-refractivity contribution is -0.384. The summed E-state index contributed by atoms with van der Waals surface area (Å²) in [6.45, 7) is 5.02. The highest BCUT2D eigenvalue weighted by atomic mass is 35.5. The van der Waals surface area contributed by atoms with Gasteiger partial charge in [0.05, 0.1) is 15.6 Å². The number of halogens is 1. The second-order valence-corrected chi connectivity index (χ2v) is 5.26. The number of likely N-dealkylation sites (N-methyl/N-ethyl adjacent to an activating group) is 1. The minimum absolute atomic E-state index is 0.0372. The van der Waals surface area contributed by atoms with Crippen molar-refractivity contribution in [3.8, 4) is 0 Å². The molecule has 1 atom stereocenters. The summed E-state index contributed by atoms with van der Waals surface area (Å²) in [6.07, 6.45) is 1.09. The summed E-state index contributed by atoms with van der Waals surface area (Å²) in [5.74, 6) is 0. The molecule has 19 heavy (non-hydrogen) atoms. The lowest BCUT2D eigenvalue weighted by Gasteiger charge is -2.24. The number of benzene rings is 1. The van der Waals surface area contributed by atoms with E-state index in [1.165, 1.54) is 12.1 Å². The summed E-state index contributed by atoms with van der Waals surface area (Å²) in [4.78, 5) is 14.8. The zero-order valence-electron chi connectivity index (χ0n) is 11.2. The molecule has 1 heterocycles. The predicted molar refractivity (Wildman–Crippen MR) is 77.0 cm³/mol. The summed E-state index contributed by atoms with van der Waals surface area (Å²) in [7, 11) is 2.12. The quantitative estimate of drug-likeness (QED) is 0.630. The molecule has 0 radical (unpaired) electrons. The molecule has 2 rings (SSSR count). The van der Waals surface area contributed by atoms with Crippen molar-refractivity contribution in [2.45, 2.75) is 19.4 Å². The van der Waals surface area contributed by atoms with Crippen LogP contribution >= 0.6 is 11.6 Å². The van der Waals surface area contributed by atoms with E-state index in [1.807, 2.05) is 0 Å². The van der Waals surface area contributed by atoms with Crippen LogP contribution in [0.1, 0.15) is 13.3 Å². The zero-order valence-corrected chi connectivity index (χ0v) is 11.9. The Morgan fingerprint density at radius 1 is 1.58 bits per heavy atom. The van der Waals surface area contributed by atoms with Gasteiger partial charge in [-0.1, -0.05) is 18.5 Å². The van der Waals surface area contributed by atoms with Crippen molar-refractivity contribution < 1.29 is 4.92 Å². The van der Waals surface area contributed by atoms with Gasteiger partial charge in [0.15, 0.2) is 0 Å². The second-order valence-electron chi connectivity index (χ2n) is 4.85. The molecule has 1 aromatic rings. The maximum Gasteiger partial charge on any atom is 0.271 e. The third kappa shape index (κ3) is 2.98. The Labute approximate surface area is 117 Å². The average Bonchev–Trinajstić information content (AvgIpc) is 2.87. The van der Waals surface area contributed by atoms with E-state index in [0.29, 0.717) is 11.1 Å². The van der Waals surface area contributed by atoms with Crippen LogP contribution in [0.2, 0.25) is 5.02 Å². The molecule has 1 unspecified atom stereocenters. The lowest BCUT2D eigenvalue weighted by Crippen LogP contribution is -2.34. The van der Waals surface area contributed by atoms with E-state index in [9.17, 15) is 10.1 Å². The van der Waals surface area contributed by atoms with Crippen molar-refractivity contribution in [3.63, 3.8) is 0 Å². The van der Waals surface area contributed by atoms with Gasteiger partial charge < -0.3 is 9.80 Å². The first-order valence-corrected chi connectivity index (χ1v) is 6.80. The van der Waals surface area contributed by atoms with E-state index in [4.69, 9.17) is 11.6 Å². The Morgan fingerprint density at radius 3 is 2.89 bits per heavy atom. The first-order valence-electron chi connectivity index (χ1n) is 6.42. The van der Waals surface area contributed by atoms with Gasteiger partial charge in [-0.2, -0.15) is 0 Å². The topological polar surface area (TPSA) is 49.6 Å². The van der Waals surface area contributed by atoms with Crippen molar-refractivity contribution in [2.24, 2.45) is 0 Å². The van der Waals surface area contributed by atoms with Crippen LogP contribution in [0.25, 0.3) is 0 Å². The van der Waals surface area contributed by atoms with Crippen LogP contribution in [-0.2, 0) is 0 Å². The van der Waals surface area contributed by atoms with Crippen LogP contribution in [0.3, 0.4) is 0 Å². The molecular weight excluding hydrogens is 266 g/mol. The number of anilines is 1. The maximum absolute atomic E-state index is 10.7. The molecule has 1 aromatic carbocycles. The zero-order chi connectivity index (χ0) is 14.0. The first-order chi connectivity index (χ1) is 9.02. The highest BCUT2D eigenvalue weighted by Gasteiger charge is 2.26. The maximum atomic E-state index is 10.7. The number of hydrogen-bond donors (Lipinski definition) is 0. The highest BCUT2D eigenvalue weighted by Crippen LogP contribution is 2.32. The number of nitro benzene ring substituents is 1. The molecule has 0 bridgehead atoms. The van der Waals surface area contributed by atoms with E-state index in [2.05, 4.69) is 23.8 Å². The van der Waals surface area contributed by atoms with Crippen LogP contribution in [-0.4, -0.2) is 42.5 Å². The van der Waals surface area contributed by atoms with E-state index >= 15 is 0 Å². The molecule has 104 valence electrons. The van der Waals surface area contributed by atoms with E-state index < -0.39 is 4.92 Å². The van der Waals surface area contributed by atoms with Gasteiger partial charge in [-0.3, -0.25) is 10.1 Å². The van der Waals surface area contributed by atoms with Crippen molar-refractivity contribution in [1.82, 2.24) is 4.90 Å². The molecule has 0 aromatic heterocycles. The lowest BCUT2D eigenvalue weighted by atomic mass is 10.2. The van der Waals surface area contributed by atoms with Crippen LogP contribution in [0.5, 0.6) is 0 Å². The van der Waals surface area contributed by atoms with Gasteiger partial charge in [-0.05, 0) is 26.1 Å². The van der Waals surface area contributed by atoms with E-state index in [0.717, 1.165) is 31.7 Å². The molecule has 0 N–H and O–H groups in total. The van der Waals surface area contributed by atoms with E-state index in [-0.39, 0.29) is 5.69 Å². The SMILES string of the molecule is CCN(C)C1CCN(c2ccc([N+](=O)[O-])cc2Cl)C1. The Morgan fingerprint density at radius 2 is 2.32 bits per heavy atom. The van der Waals surface area contributed by atoms with Crippen LogP contribution < -0.4 is 4.90 Å². The van der Waals surface area contributed by atoms with Crippen LogP contribution in [0, 0.1) is 10.1 Å². The second kappa shape index (κ2) is 5.75. The van der Waals surface area contributed by atoms with E-state index in [1.54, 1.807) is 6.07 Å². The Hall–Kier alpha value is -1.33. The molecule has 5 nitrogen and oxygen atoms in total. The van der Waals surface area contributed by atoms with Gasteiger partial charge >= 0.3 is 0 Å². The summed E-state index contributed by atoms with van der Waals surface area (Å²) < 4.78 is 0. The van der Waals surface area contributed by atoms with Gasteiger partial charge in [0.25, 0.3) is 5.69 Å². The van der Waals surface area contributed by atoms with Crippen LogP contribution in [0.15, 0.2) is 18.2 Å².